The van der Waals surface area contributed by atoms with Gasteiger partial charge < -0.3 is 13.9 Å². The van der Waals surface area contributed by atoms with E-state index in [9.17, 15) is 22.8 Å². The van der Waals surface area contributed by atoms with E-state index in [2.05, 4.69) is 5.92 Å². The van der Waals surface area contributed by atoms with Crippen LogP contribution < -0.4 is 11.2 Å². The number of nitrogens with one attached hydrogen (secondary N) is 1. The highest BCUT2D eigenvalue weighted by molar-refractivity contribution is 6.69. The van der Waals surface area contributed by atoms with Crippen molar-refractivity contribution in [2.75, 3.05) is 13.2 Å². The van der Waals surface area contributed by atoms with Crippen molar-refractivity contribution in [3.8, 4) is 12.3 Å². The van der Waals surface area contributed by atoms with Crippen LogP contribution in [0.4, 0.5) is 13.2 Å². The number of rotatable bonds is 6. The Morgan fingerprint density at radius 3 is 2.63 bits per heavy atom. The average Bonchev–Trinajstić information content (AvgIpc) is 2.92. The predicted molar refractivity (Wildman–Crippen MR) is 92.7 cm³/mol. The second kappa shape index (κ2) is 8.01. The molecule has 1 aliphatic rings. The van der Waals surface area contributed by atoms with Crippen molar-refractivity contribution in [3.05, 3.63) is 32.6 Å². The molecule has 2 rings (SSSR count). The van der Waals surface area contributed by atoms with E-state index in [-0.39, 0.29) is 19.6 Å². The van der Waals surface area contributed by atoms with E-state index in [1.54, 1.807) is 4.98 Å². The van der Waals surface area contributed by atoms with E-state index in [1.807, 2.05) is 19.6 Å². The van der Waals surface area contributed by atoms with Crippen LogP contribution in [0.1, 0.15) is 18.2 Å². The zero-order valence-electron chi connectivity index (χ0n) is 15.1. The van der Waals surface area contributed by atoms with Crippen molar-refractivity contribution in [1.29, 1.82) is 0 Å². The van der Waals surface area contributed by atoms with Crippen LogP contribution in [0, 0.1) is 12.3 Å². The van der Waals surface area contributed by atoms with Gasteiger partial charge >= 0.3 is 11.9 Å². The summed E-state index contributed by atoms with van der Waals surface area (Å²) < 4.78 is 56.7. The van der Waals surface area contributed by atoms with Crippen molar-refractivity contribution in [2.24, 2.45) is 0 Å². The number of terminal acetylenes is 1. The number of nitrogens with zero attached hydrogens (tertiary/aromatic N) is 1. The Balaban J connectivity index is 2.30. The fourth-order valence-electron chi connectivity index (χ4n) is 2.59. The number of H-pyrrole nitrogens is 1. The zero-order chi connectivity index (χ0) is 20.4. The highest BCUT2D eigenvalue weighted by Crippen LogP contribution is 2.32. The minimum absolute atomic E-state index is 0.0154. The SMILES string of the molecule is C#CCO[C@H]1C[C@H](n2cc(C(F)(F)F)c(=O)[nH]c2=O)O[C@@H]1CO[Si](C)(C)C. The molecule has 0 spiro atoms. The van der Waals surface area contributed by atoms with Crippen LogP contribution in [-0.4, -0.2) is 43.3 Å². The molecular formula is C16H21F3N2O5Si. The number of ether oxygens (including phenoxy) is 2. The first-order valence-corrected chi connectivity index (χ1v) is 11.6. The molecule has 0 amide bonds. The highest BCUT2D eigenvalue weighted by Gasteiger charge is 2.40. The summed E-state index contributed by atoms with van der Waals surface area (Å²) >= 11 is 0. The van der Waals surface area contributed by atoms with E-state index in [0.717, 1.165) is 0 Å². The molecule has 0 bridgehead atoms. The Labute approximate surface area is 154 Å². The summed E-state index contributed by atoms with van der Waals surface area (Å²) in [5.41, 5.74) is -3.98. The third-order valence-electron chi connectivity index (χ3n) is 3.83. The lowest BCUT2D eigenvalue weighted by molar-refractivity contribution is -0.139. The van der Waals surface area contributed by atoms with E-state index in [4.69, 9.17) is 20.3 Å². The number of aromatic amines is 1. The Morgan fingerprint density at radius 1 is 1.41 bits per heavy atom. The molecule has 1 aromatic heterocycles. The molecular weight excluding hydrogens is 385 g/mol. The minimum Gasteiger partial charge on any atom is -0.415 e. The summed E-state index contributed by atoms with van der Waals surface area (Å²) in [6.45, 7) is 6.06. The maximum atomic E-state index is 13.0. The molecule has 0 aromatic carbocycles. The lowest BCUT2D eigenvalue weighted by atomic mass is 10.2. The van der Waals surface area contributed by atoms with Crippen molar-refractivity contribution in [2.45, 2.75) is 50.7 Å². The lowest BCUT2D eigenvalue weighted by Gasteiger charge is -2.23. The minimum atomic E-state index is -4.90. The number of aromatic nitrogens is 2. The summed E-state index contributed by atoms with van der Waals surface area (Å²) in [5, 5.41) is 0. The number of alkyl halides is 3. The molecule has 27 heavy (non-hydrogen) atoms. The molecule has 0 radical (unpaired) electrons. The van der Waals surface area contributed by atoms with Crippen LogP contribution in [0.15, 0.2) is 15.8 Å². The van der Waals surface area contributed by atoms with Gasteiger partial charge in [-0.15, -0.1) is 6.42 Å². The van der Waals surface area contributed by atoms with Gasteiger partial charge in [0.1, 0.15) is 24.5 Å². The molecule has 1 aliphatic heterocycles. The van der Waals surface area contributed by atoms with E-state index >= 15 is 0 Å². The average molecular weight is 406 g/mol. The van der Waals surface area contributed by atoms with Gasteiger partial charge in [-0.05, 0) is 19.6 Å². The van der Waals surface area contributed by atoms with Crippen molar-refractivity contribution < 1.29 is 27.1 Å². The quantitative estimate of drug-likeness (QED) is 0.575. The molecule has 1 N–H and O–H groups in total. The van der Waals surface area contributed by atoms with Crippen molar-refractivity contribution in [3.63, 3.8) is 0 Å². The molecule has 1 fully saturated rings. The van der Waals surface area contributed by atoms with E-state index < -0.39 is 49.7 Å². The summed E-state index contributed by atoms with van der Waals surface area (Å²) in [7, 11) is -1.88. The summed E-state index contributed by atoms with van der Waals surface area (Å²) in [6, 6.07) is 0. The first kappa shape index (κ1) is 21.4. The Morgan fingerprint density at radius 2 is 2.07 bits per heavy atom. The Bertz CT molecular complexity index is 822. The van der Waals surface area contributed by atoms with Crippen molar-refractivity contribution >= 4 is 8.32 Å². The summed E-state index contributed by atoms with van der Waals surface area (Å²) in [5.74, 6) is 2.32. The largest absolute Gasteiger partial charge is 0.423 e. The second-order valence-electron chi connectivity index (χ2n) is 7.05. The number of hydrogen-bond donors (Lipinski definition) is 1. The van der Waals surface area contributed by atoms with Crippen LogP contribution >= 0.6 is 0 Å². The first-order valence-electron chi connectivity index (χ1n) is 8.19. The fraction of sp³-hybridized carbons (Fsp3) is 0.625. The molecule has 0 saturated carbocycles. The maximum Gasteiger partial charge on any atom is 0.423 e. The lowest BCUT2D eigenvalue weighted by Crippen LogP contribution is -2.37. The Kier molecular flexibility index (Phi) is 6.36. The second-order valence-corrected chi connectivity index (χ2v) is 11.6. The van der Waals surface area contributed by atoms with Crippen LogP contribution in [-0.2, 0) is 20.1 Å². The predicted octanol–water partition coefficient (Wildman–Crippen LogP) is 1.71. The van der Waals surface area contributed by atoms with Crippen LogP contribution in [0.25, 0.3) is 0 Å². The van der Waals surface area contributed by atoms with Gasteiger partial charge in [0.05, 0.1) is 12.7 Å². The maximum absolute atomic E-state index is 13.0. The third kappa shape index (κ3) is 5.55. The van der Waals surface area contributed by atoms with Gasteiger partial charge in [-0.3, -0.25) is 14.3 Å². The third-order valence-corrected chi connectivity index (χ3v) is 4.86. The molecule has 150 valence electrons. The molecule has 0 unspecified atom stereocenters. The molecule has 11 heteroatoms. The van der Waals surface area contributed by atoms with E-state index in [0.29, 0.717) is 10.8 Å². The molecule has 2 heterocycles. The van der Waals surface area contributed by atoms with Gasteiger partial charge in [0.15, 0.2) is 8.32 Å². The van der Waals surface area contributed by atoms with Crippen LogP contribution in [0.2, 0.25) is 19.6 Å². The topological polar surface area (TPSA) is 82.6 Å². The molecule has 1 saturated heterocycles. The monoisotopic (exact) mass is 406 g/mol. The normalized spacial score (nSPS) is 23.4. The smallest absolute Gasteiger partial charge is 0.415 e. The fourth-order valence-corrected chi connectivity index (χ4v) is 3.25. The van der Waals surface area contributed by atoms with Gasteiger partial charge in [-0.25, -0.2) is 4.79 Å². The zero-order valence-corrected chi connectivity index (χ0v) is 16.1. The summed E-state index contributed by atoms with van der Waals surface area (Å²) in [6.07, 6.45) is -1.38. The van der Waals surface area contributed by atoms with Gasteiger partial charge in [0.2, 0.25) is 0 Å². The van der Waals surface area contributed by atoms with Gasteiger partial charge in [0, 0.05) is 12.6 Å². The van der Waals surface area contributed by atoms with Gasteiger partial charge in [-0.2, -0.15) is 13.2 Å². The molecule has 7 nitrogen and oxygen atoms in total. The highest BCUT2D eigenvalue weighted by atomic mass is 28.4. The first-order chi connectivity index (χ1) is 12.4. The molecule has 0 aliphatic carbocycles. The summed E-state index contributed by atoms with van der Waals surface area (Å²) in [4.78, 5) is 25.1. The number of hydrogen-bond acceptors (Lipinski definition) is 5. The van der Waals surface area contributed by atoms with Gasteiger partial charge in [0.25, 0.3) is 5.56 Å². The molecule has 3 atom stereocenters. The molecule has 1 aromatic rings. The van der Waals surface area contributed by atoms with Crippen molar-refractivity contribution in [1.82, 2.24) is 9.55 Å². The van der Waals surface area contributed by atoms with Crippen LogP contribution in [0.3, 0.4) is 0 Å². The number of halogens is 3. The van der Waals surface area contributed by atoms with Gasteiger partial charge in [-0.1, -0.05) is 5.92 Å². The van der Waals surface area contributed by atoms with E-state index in [1.165, 1.54) is 0 Å². The Hall–Kier alpha value is -1.87. The standard InChI is InChI=1S/C16H21F3N2O5Si/c1-5-6-24-11-7-13(26-12(11)9-25-27(2,3)4)21-8-10(16(17,18)19)14(22)20-15(21)23/h1,8,11-13H,6-7,9H2,2-4H3,(H,20,22,23)/t11-,12+,13+/m0/s1. The van der Waals surface area contributed by atoms with Crippen LogP contribution in [0.5, 0.6) is 0 Å².